The van der Waals surface area contributed by atoms with Crippen LogP contribution in [0, 0.1) is 17.1 Å². The van der Waals surface area contributed by atoms with Gasteiger partial charge >= 0.3 is 0 Å². The van der Waals surface area contributed by atoms with Crippen LogP contribution in [0.5, 0.6) is 11.5 Å². The Bertz CT molecular complexity index is 957. The number of methoxy groups -OCH3 is 2. The predicted octanol–water partition coefficient (Wildman–Crippen LogP) is 4.43. The molecule has 0 spiro atoms. The summed E-state index contributed by atoms with van der Waals surface area (Å²) in [6, 6.07) is 11.6. The Morgan fingerprint density at radius 2 is 1.92 bits per heavy atom. The third-order valence-corrected chi connectivity index (χ3v) is 3.62. The molecule has 2 aromatic carbocycles. The molecule has 0 bridgehead atoms. The van der Waals surface area contributed by atoms with Crippen molar-refractivity contribution in [3.8, 4) is 17.6 Å². The molecular weight excluding hydrogens is 345 g/mol. The van der Waals surface area contributed by atoms with Gasteiger partial charge in [0.25, 0.3) is 0 Å². The van der Waals surface area contributed by atoms with Gasteiger partial charge in [-0.1, -0.05) is 0 Å². The number of nitrogens with one attached hydrogen (secondary N) is 1. The van der Waals surface area contributed by atoms with Crippen LogP contribution in [0.1, 0.15) is 5.56 Å². The summed E-state index contributed by atoms with van der Waals surface area (Å²) >= 11 is 0. The average molecular weight is 360 g/mol. The molecule has 5 nitrogen and oxygen atoms in total. The summed E-state index contributed by atoms with van der Waals surface area (Å²) < 4.78 is 24.2. The molecular formula is C18H15ClFN3O2. The van der Waals surface area contributed by atoms with Gasteiger partial charge in [-0.05, 0) is 30.3 Å². The fraction of sp³-hybridized carbons (Fsp3) is 0.111. The van der Waals surface area contributed by atoms with Gasteiger partial charge in [0.05, 0.1) is 36.7 Å². The van der Waals surface area contributed by atoms with Crippen molar-refractivity contribution in [2.24, 2.45) is 0 Å². The van der Waals surface area contributed by atoms with Gasteiger partial charge in [-0.15, -0.1) is 12.4 Å². The molecule has 0 saturated carbocycles. The Labute approximate surface area is 150 Å². The molecule has 1 aromatic heterocycles. The van der Waals surface area contributed by atoms with Crippen molar-refractivity contribution < 1.29 is 13.9 Å². The van der Waals surface area contributed by atoms with Crippen LogP contribution in [0.3, 0.4) is 0 Å². The van der Waals surface area contributed by atoms with Gasteiger partial charge in [0.15, 0.2) is 0 Å². The molecule has 3 aromatic rings. The summed E-state index contributed by atoms with van der Waals surface area (Å²) in [6.45, 7) is 0. The zero-order valence-corrected chi connectivity index (χ0v) is 14.4. The van der Waals surface area contributed by atoms with E-state index < -0.39 is 5.82 Å². The van der Waals surface area contributed by atoms with Gasteiger partial charge in [0.1, 0.15) is 23.4 Å². The standard InChI is InChI=1S/C18H14FN3O2.ClH/c1-23-13-4-6-16(17(8-13)24-2)22-18-11(9-20)10-21-15-5-3-12(19)7-14(15)18;/h3-8,10H,1-2H3,(H,21,22);1H. The zero-order chi connectivity index (χ0) is 17.1. The Morgan fingerprint density at radius 3 is 2.60 bits per heavy atom. The smallest absolute Gasteiger partial charge is 0.145 e. The summed E-state index contributed by atoms with van der Waals surface area (Å²) in [6.07, 6.45) is 1.46. The molecule has 0 aliphatic rings. The summed E-state index contributed by atoms with van der Waals surface area (Å²) in [5, 5.41) is 13.0. The molecule has 3 rings (SSSR count). The van der Waals surface area contributed by atoms with Crippen LogP contribution in [0.2, 0.25) is 0 Å². The van der Waals surface area contributed by atoms with E-state index in [0.717, 1.165) is 0 Å². The third kappa shape index (κ3) is 3.57. The molecule has 128 valence electrons. The second-order valence-corrected chi connectivity index (χ2v) is 5.01. The Kier molecular flexibility index (Phi) is 5.63. The van der Waals surface area contributed by atoms with E-state index in [-0.39, 0.29) is 12.4 Å². The fourth-order valence-corrected chi connectivity index (χ4v) is 2.42. The number of hydrogen-bond donors (Lipinski definition) is 1. The van der Waals surface area contributed by atoms with Crippen molar-refractivity contribution >= 4 is 34.7 Å². The zero-order valence-electron chi connectivity index (χ0n) is 13.5. The number of halogens is 2. The monoisotopic (exact) mass is 359 g/mol. The van der Waals surface area contributed by atoms with Gasteiger partial charge in [-0.25, -0.2) is 4.39 Å². The molecule has 0 saturated heterocycles. The minimum Gasteiger partial charge on any atom is -0.497 e. The Balaban J connectivity index is 0.00000225. The fourth-order valence-electron chi connectivity index (χ4n) is 2.42. The highest BCUT2D eigenvalue weighted by molar-refractivity contribution is 5.96. The lowest BCUT2D eigenvalue weighted by Crippen LogP contribution is -1.99. The molecule has 1 N–H and O–H groups in total. The van der Waals surface area contributed by atoms with E-state index in [4.69, 9.17) is 9.47 Å². The lowest BCUT2D eigenvalue weighted by atomic mass is 10.1. The number of ether oxygens (including phenoxy) is 2. The van der Waals surface area contributed by atoms with Crippen molar-refractivity contribution in [2.75, 3.05) is 19.5 Å². The molecule has 1 heterocycles. The van der Waals surface area contributed by atoms with E-state index in [9.17, 15) is 9.65 Å². The van der Waals surface area contributed by atoms with E-state index in [1.807, 2.05) is 0 Å². The number of nitrogens with zero attached hydrogens (tertiary/aromatic N) is 2. The first-order valence-corrected chi connectivity index (χ1v) is 7.13. The first kappa shape index (κ1) is 18.3. The van der Waals surface area contributed by atoms with Crippen molar-refractivity contribution in [1.29, 1.82) is 5.26 Å². The molecule has 25 heavy (non-hydrogen) atoms. The largest absolute Gasteiger partial charge is 0.497 e. The first-order chi connectivity index (χ1) is 11.7. The van der Waals surface area contributed by atoms with Gasteiger partial charge in [-0.2, -0.15) is 5.26 Å². The van der Waals surface area contributed by atoms with Gasteiger partial charge in [0.2, 0.25) is 0 Å². The van der Waals surface area contributed by atoms with Crippen molar-refractivity contribution in [2.45, 2.75) is 0 Å². The van der Waals surface area contributed by atoms with Gasteiger partial charge in [-0.3, -0.25) is 4.98 Å². The summed E-state index contributed by atoms with van der Waals surface area (Å²) in [7, 11) is 3.10. The molecule has 0 atom stereocenters. The quantitative estimate of drug-likeness (QED) is 0.746. The topological polar surface area (TPSA) is 67.2 Å². The van der Waals surface area contributed by atoms with Crippen LogP contribution in [0.4, 0.5) is 15.8 Å². The van der Waals surface area contributed by atoms with Crippen LogP contribution in [0.25, 0.3) is 10.9 Å². The first-order valence-electron chi connectivity index (χ1n) is 7.13. The number of benzene rings is 2. The van der Waals surface area contributed by atoms with Crippen LogP contribution in [0.15, 0.2) is 42.6 Å². The van der Waals surface area contributed by atoms with E-state index >= 15 is 0 Å². The molecule has 0 amide bonds. The number of pyridine rings is 1. The number of anilines is 2. The lowest BCUT2D eigenvalue weighted by Gasteiger charge is -2.15. The lowest BCUT2D eigenvalue weighted by molar-refractivity contribution is 0.395. The molecule has 0 fully saturated rings. The van der Waals surface area contributed by atoms with Crippen molar-refractivity contribution in [3.05, 3.63) is 54.0 Å². The van der Waals surface area contributed by atoms with E-state index in [1.165, 1.54) is 25.4 Å². The molecule has 0 aliphatic heterocycles. The molecule has 0 aliphatic carbocycles. The van der Waals surface area contributed by atoms with E-state index in [1.54, 1.807) is 31.4 Å². The summed E-state index contributed by atoms with van der Waals surface area (Å²) in [5.41, 5.74) is 2.01. The van der Waals surface area contributed by atoms with Crippen LogP contribution >= 0.6 is 12.4 Å². The van der Waals surface area contributed by atoms with Crippen molar-refractivity contribution in [3.63, 3.8) is 0 Å². The Morgan fingerprint density at radius 1 is 1.12 bits per heavy atom. The third-order valence-electron chi connectivity index (χ3n) is 3.62. The average Bonchev–Trinajstić information content (AvgIpc) is 2.62. The number of nitriles is 1. The van der Waals surface area contributed by atoms with Crippen molar-refractivity contribution in [1.82, 2.24) is 4.98 Å². The highest BCUT2D eigenvalue weighted by Gasteiger charge is 2.13. The summed E-state index contributed by atoms with van der Waals surface area (Å²) in [4.78, 5) is 4.18. The van der Waals surface area contributed by atoms with E-state index in [2.05, 4.69) is 16.4 Å². The van der Waals surface area contributed by atoms with E-state index in [0.29, 0.717) is 39.3 Å². The van der Waals surface area contributed by atoms with Crippen LogP contribution in [-0.4, -0.2) is 19.2 Å². The number of hydrogen-bond acceptors (Lipinski definition) is 5. The minimum absolute atomic E-state index is 0. The molecule has 7 heteroatoms. The van der Waals surface area contributed by atoms with Gasteiger partial charge < -0.3 is 14.8 Å². The SMILES string of the molecule is COc1ccc(Nc2c(C#N)cnc3ccc(F)cc23)c(OC)c1.Cl. The van der Waals surface area contributed by atoms with Crippen LogP contribution < -0.4 is 14.8 Å². The maximum atomic E-state index is 13.7. The second kappa shape index (κ2) is 7.69. The number of aromatic nitrogens is 1. The molecule has 0 radical (unpaired) electrons. The highest BCUT2D eigenvalue weighted by Crippen LogP contribution is 2.35. The van der Waals surface area contributed by atoms with Gasteiger partial charge in [0, 0.05) is 17.6 Å². The number of rotatable bonds is 4. The number of fused-ring (bicyclic) bond motifs is 1. The molecule has 0 unspecified atom stereocenters. The normalized spacial score (nSPS) is 9.84. The maximum Gasteiger partial charge on any atom is 0.145 e. The second-order valence-electron chi connectivity index (χ2n) is 5.01. The minimum atomic E-state index is -0.399. The maximum absolute atomic E-state index is 13.7. The summed E-state index contributed by atoms with van der Waals surface area (Å²) in [5.74, 6) is 0.785. The van der Waals surface area contributed by atoms with Crippen LogP contribution in [-0.2, 0) is 0 Å². The predicted molar refractivity (Wildman–Crippen MR) is 96.5 cm³/mol. The Hall–Kier alpha value is -3.04. The highest BCUT2D eigenvalue weighted by atomic mass is 35.5.